The number of carbonyl (C=O) groups excluding carboxylic acids is 2. The molecule has 21 heavy (non-hydrogen) atoms. The Balaban J connectivity index is 2.26. The van der Waals surface area contributed by atoms with Gasteiger partial charge in [-0.25, -0.2) is 13.6 Å². The van der Waals surface area contributed by atoms with E-state index in [1.54, 1.807) is 0 Å². The van der Waals surface area contributed by atoms with Crippen molar-refractivity contribution in [3.05, 3.63) is 59.4 Å². The standard InChI is InChI=1S/C14H10F2N2O3/c1-21-14(20)8-2-3-11(16)12(5-8)18-13(19)9-4-10(15)7-17-6-9/h2-7H,1H3,(H,18,19). The van der Waals surface area contributed by atoms with Crippen molar-refractivity contribution in [2.45, 2.75) is 0 Å². The van der Waals surface area contributed by atoms with Gasteiger partial charge >= 0.3 is 5.97 Å². The number of nitrogens with one attached hydrogen (secondary N) is 1. The summed E-state index contributed by atoms with van der Waals surface area (Å²) in [7, 11) is 1.18. The summed E-state index contributed by atoms with van der Waals surface area (Å²) >= 11 is 0. The molecule has 1 N–H and O–H groups in total. The number of esters is 1. The van der Waals surface area contributed by atoms with Gasteiger partial charge in [0.15, 0.2) is 0 Å². The van der Waals surface area contributed by atoms with E-state index < -0.39 is 23.5 Å². The van der Waals surface area contributed by atoms with Gasteiger partial charge in [-0.05, 0) is 24.3 Å². The van der Waals surface area contributed by atoms with Crippen molar-refractivity contribution in [3.63, 3.8) is 0 Å². The molecule has 0 fully saturated rings. The number of pyridine rings is 1. The SMILES string of the molecule is COC(=O)c1ccc(F)c(NC(=O)c2cncc(F)c2)c1. The Morgan fingerprint density at radius 2 is 1.90 bits per heavy atom. The van der Waals surface area contributed by atoms with Crippen LogP contribution in [0.5, 0.6) is 0 Å². The summed E-state index contributed by atoms with van der Waals surface area (Å²) < 4.78 is 31.1. The fraction of sp³-hybridized carbons (Fsp3) is 0.0714. The third kappa shape index (κ3) is 3.38. The van der Waals surface area contributed by atoms with Crippen LogP contribution >= 0.6 is 0 Å². The Hall–Kier alpha value is -2.83. The maximum atomic E-state index is 13.6. The lowest BCUT2D eigenvalue weighted by Gasteiger charge is -2.08. The van der Waals surface area contributed by atoms with E-state index in [9.17, 15) is 18.4 Å². The van der Waals surface area contributed by atoms with Crippen LogP contribution in [0.25, 0.3) is 0 Å². The van der Waals surface area contributed by atoms with Gasteiger partial charge in [0.2, 0.25) is 0 Å². The number of methoxy groups -OCH3 is 1. The molecule has 0 saturated carbocycles. The maximum Gasteiger partial charge on any atom is 0.337 e. The highest BCUT2D eigenvalue weighted by Gasteiger charge is 2.13. The normalized spacial score (nSPS) is 10.0. The molecule has 0 atom stereocenters. The second kappa shape index (κ2) is 6.08. The Labute approximate surface area is 118 Å². The molecule has 0 bridgehead atoms. The number of benzene rings is 1. The lowest BCUT2D eigenvalue weighted by atomic mass is 10.2. The first-order chi connectivity index (χ1) is 10.0. The lowest BCUT2D eigenvalue weighted by Crippen LogP contribution is -2.14. The van der Waals surface area contributed by atoms with Crippen LogP contribution in [0, 0.1) is 11.6 Å². The van der Waals surface area contributed by atoms with Crippen molar-refractivity contribution in [2.75, 3.05) is 12.4 Å². The van der Waals surface area contributed by atoms with E-state index in [-0.39, 0.29) is 16.8 Å². The Bertz CT molecular complexity index is 704. The van der Waals surface area contributed by atoms with Gasteiger partial charge in [0, 0.05) is 6.20 Å². The van der Waals surface area contributed by atoms with E-state index in [0.29, 0.717) is 0 Å². The Morgan fingerprint density at radius 1 is 1.14 bits per heavy atom. The summed E-state index contributed by atoms with van der Waals surface area (Å²) in [6.07, 6.45) is 2.08. The molecule has 7 heteroatoms. The number of rotatable bonds is 3. The van der Waals surface area contributed by atoms with Gasteiger partial charge in [-0.15, -0.1) is 0 Å². The number of amides is 1. The average Bonchev–Trinajstić information content (AvgIpc) is 2.48. The topological polar surface area (TPSA) is 68.3 Å². The molecule has 1 amide bonds. The first-order valence-electron chi connectivity index (χ1n) is 5.81. The molecular weight excluding hydrogens is 282 g/mol. The third-order valence-corrected chi connectivity index (χ3v) is 2.60. The van der Waals surface area contributed by atoms with Crippen LogP contribution in [0.1, 0.15) is 20.7 Å². The minimum atomic E-state index is -0.747. The number of carbonyl (C=O) groups is 2. The Morgan fingerprint density at radius 3 is 2.57 bits per heavy atom. The number of hydrogen-bond acceptors (Lipinski definition) is 4. The van der Waals surface area contributed by atoms with Crippen molar-refractivity contribution in [3.8, 4) is 0 Å². The monoisotopic (exact) mass is 292 g/mol. The summed E-state index contributed by atoms with van der Waals surface area (Å²) in [6, 6.07) is 4.34. The second-order valence-electron chi connectivity index (χ2n) is 4.03. The van der Waals surface area contributed by atoms with Crippen molar-refractivity contribution in [1.82, 2.24) is 4.98 Å². The molecule has 0 spiro atoms. The van der Waals surface area contributed by atoms with Crippen LogP contribution in [0.3, 0.4) is 0 Å². The molecule has 5 nitrogen and oxygen atoms in total. The summed E-state index contributed by atoms with van der Waals surface area (Å²) in [5.74, 6) is -2.84. The van der Waals surface area contributed by atoms with E-state index in [4.69, 9.17) is 0 Å². The maximum absolute atomic E-state index is 13.6. The first-order valence-corrected chi connectivity index (χ1v) is 5.81. The molecule has 1 aromatic carbocycles. The quantitative estimate of drug-likeness (QED) is 0.882. The smallest absolute Gasteiger partial charge is 0.337 e. The van der Waals surface area contributed by atoms with Crippen LogP contribution in [0.2, 0.25) is 0 Å². The molecule has 2 aromatic rings. The lowest BCUT2D eigenvalue weighted by molar-refractivity contribution is 0.0600. The molecule has 0 aliphatic heterocycles. The molecular formula is C14H10F2N2O3. The molecule has 0 unspecified atom stereocenters. The van der Waals surface area contributed by atoms with E-state index in [1.807, 2.05) is 0 Å². The zero-order chi connectivity index (χ0) is 15.4. The van der Waals surface area contributed by atoms with Gasteiger partial charge in [-0.3, -0.25) is 9.78 Å². The van der Waals surface area contributed by atoms with E-state index in [1.165, 1.54) is 13.2 Å². The van der Waals surface area contributed by atoms with Gasteiger partial charge < -0.3 is 10.1 Å². The molecule has 0 radical (unpaired) electrons. The highest BCUT2D eigenvalue weighted by Crippen LogP contribution is 2.18. The number of nitrogens with zero attached hydrogens (tertiary/aromatic N) is 1. The van der Waals surface area contributed by atoms with E-state index in [2.05, 4.69) is 15.0 Å². The fourth-order valence-corrected chi connectivity index (χ4v) is 1.60. The average molecular weight is 292 g/mol. The third-order valence-electron chi connectivity index (χ3n) is 2.60. The summed E-state index contributed by atoms with van der Waals surface area (Å²) in [5.41, 5.74) is -0.211. The summed E-state index contributed by atoms with van der Waals surface area (Å²) in [4.78, 5) is 26.8. The van der Waals surface area contributed by atoms with Gasteiger partial charge in [0.05, 0.1) is 30.1 Å². The zero-order valence-corrected chi connectivity index (χ0v) is 10.9. The van der Waals surface area contributed by atoms with Gasteiger partial charge in [-0.2, -0.15) is 0 Å². The number of halogens is 2. The van der Waals surface area contributed by atoms with Crippen LogP contribution in [-0.2, 0) is 4.74 Å². The van der Waals surface area contributed by atoms with Crippen LogP contribution < -0.4 is 5.32 Å². The highest BCUT2D eigenvalue weighted by molar-refractivity contribution is 6.04. The van der Waals surface area contributed by atoms with Gasteiger partial charge in [0.25, 0.3) is 5.91 Å². The zero-order valence-electron chi connectivity index (χ0n) is 10.9. The first kappa shape index (κ1) is 14.6. The second-order valence-corrected chi connectivity index (χ2v) is 4.03. The van der Waals surface area contributed by atoms with Crippen LogP contribution in [0.15, 0.2) is 36.7 Å². The minimum Gasteiger partial charge on any atom is -0.465 e. The molecule has 108 valence electrons. The minimum absolute atomic E-state index is 0.0714. The predicted molar refractivity (Wildman–Crippen MR) is 69.9 cm³/mol. The predicted octanol–water partition coefficient (Wildman–Crippen LogP) is 2.40. The van der Waals surface area contributed by atoms with Crippen LogP contribution in [0.4, 0.5) is 14.5 Å². The Kier molecular flexibility index (Phi) is 4.22. The van der Waals surface area contributed by atoms with Crippen molar-refractivity contribution in [2.24, 2.45) is 0 Å². The number of anilines is 1. The molecule has 2 rings (SSSR count). The number of ether oxygens (including phenoxy) is 1. The highest BCUT2D eigenvalue weighted by atomic mass is 19.1. The van der Waals surface area contributed by atoms with Crippen molar-refractivity contribution in [1.29, 1.82) is 0 Å². The molecule has 1 heterocycles. The van der Waals surface area contributed by atoms with E-state index >= 15 is 0 Å². The van der Waals surface area contributed by atoms with Gasteiger partial charge in [0.1, 0.15) is 11.6 Å². The molecule has 0 aliphatic carbocycles. The summed E-state index contributed by atoms with van der Waals surface area (Å²) in [6.45, 7) is 0. The van der Waals surface area contributed by atoms with Crippen molar-refractivity contribution < 1.29 is 23.1 Å². The largest absolute Gasteiger partial charge is 0.465 e. The summed E-state index contributed by atoms with van der Waals surface area (Å²) in [5, 5.41) is 2.24. The van der Waals surface area contributed by atoms with Crippen molar-refractivity contribution >= 4 is 17.6 Å². The molecule has 1 aromatic heterocycles. The molecule has 0 aliphatic rings. The number of hydrogen-bond donors (Lipinski definition) is 1. The van der Waals surface area contributed by atoms with E-state index in [0.717, 1.165) is 30.6 Å². The molecule has 0 saturated heterocycles. The fourth-order valence-electron chi connectivity index (χ4n) is 1.60. The van der Waals surface area contributed by atoms with Crippen LogP contribution in [-0.4, -0.2) is 24.0 Å². The van der Waals surface area contributed by atoms with Gasteiger partial charge in [-0.1, -0.05) is 0 Å². The number of aromatic nitrogens is 1.